The van der Waals surface area contributed by atoms with Gasteiger partial charge in [-0.3, -0.25) is 4.79 Å². The molecule has 7 atom stereocenters. The molecular formula is C24H32O6. The molecule has 1 aromatic carbocycles. The van der Waals surface area contributed by atoms with E-state index < -0.39 is 17.7 Å². The summed E-state index contributed by atoms with van der Waals surface area (Å²) in [6.07, 6.45) is 5.73. The summed E-state index contributed by atoms with van der Waals surface area (Å²) < 4.78 is 17.3. The Morgan fingerprint density at radius 1 is 1.10 bits per heavy atom. The van der Waals surface area contributed by atoms with Gasteiger partial charge in [-0.1, -0.05) is 19.1 Å². The van der Waals surface area contributed by atoms with E-state index in [1.807, 2.05) is 19.1 Å². The Labute approximate surface area is 178 Å². The van der Waals surface area contributed by atoms with Crippen molar-refractivity contribution in [3.63, 3.8) is 0 Å². The van der Waals surface area contributed by atoms with Gasteiger partial charge < -0.3 is 14.2 Å². The van der Waals surface area contributed by atoms with E-state index in [4.69, 9.17) is 24.0 Å². The fourth-order valence-corrected chi connectivity index (χ4v) is 6.25. The van der Waals surface area contributed by atoms with Gasteiger partial charge in [0.05, 0.1) is 13.0 Å². The maximum Gasteiger partial charge on any atom is 0.311 e. The fourth-order valence-electron chi connectivity index (χ4n) is 6.25. The van der Waals surface area contributed by atoms with Gasteiger partial charge in [-0.25, -0.2) is 9.78 Å². The predicted octanol–water partition coefficient (Wildman–Crippen LogP) is 4.41. The van der Waals surface area contributed by atoms with E-state index in [2.05, 4.69) is 19.1 Å². The van der Waals surface area contributed by atoms with Crippen molar-refractivity contribution in [2.75, 3.05) is 7.11 Å². The molecule has 1 aliphatic carbocycles. The molecule has 4 aliphatic heterocycles. The lowest BCUT2D eigenvalue weighted by Crippen LogP contribution is -2.70. The van der Waals surface area contributed by atoms with Crippen molar-refractivity contribution in [3.8, 4) is 5.75 Å². The zero-order valence-electron chi connectivity index (χ0n) is 18.1. The molecule has 4 saturated heterocycles. The van der Waals surface area contributed by atoms with E-state index >= 15 is 0 Å². The Hall–Kier alpha value is -1.63. The van der Waals surface area contributed by atoms with Crippen LogP contribution < -0.4 is 4.74 Å². The van der Waals surface area contributed by atoms with Gasteiger partial charge in [0.2, 0.25) is 12.1 Å². The summed E-state index contributed by atoms with van der Waals surface area (Å²) >= 11 is 0. The monoisotopic (exact) mass is 416 g/mol. The van der Waals surface area contributed by atoms with Crippen molar-refractivity contribution < 1.29 is 28.8 Å². The van der Waals surface area contributed by atoms with Crippen molar-refractivity contribution in [1.82, 2.24) is 0 Å². The van der Waals surface area contributed by atoms with Crippen molar-refractivity contribution in [2.45, 2.75) is 76.5 Å². The molecule has 6 heteroatoms. The second-order valence-electron chi connectivity index (χ2n) is 9.69. The van der Waals surface area contributed by atoms with Crippen LogP contribution in [-0.4, -0.2) is 30.8 Å². The Bertz CT molecular complexity index is 793. The number of hydrogen-bond donors (Lipinski definition) is 0. The van der Waals surface area contributed by atoms with E-state index in [0.717, 1.165) is 50.7 Å². The first-order valence-electron chi connectivity index (χ1n) is 11.3. The summed E-state index contributed by atoms with van der Waals surface area (Å²) in [5.74, 6) is 0.554. The molecule has 5 aliphatic rings. The smallest absolute Gasteiger partial charge is 0.311 e. The average molecular weight is 417 g/mol. The third-order valence-corrected chi connectivity index (χ3v) is 7.93. The number of fused-ring (bicyclic) bond motifs is 2. The van der Waals surface area contributed by atoms with Gasteiger partial charge in [0.25, 0.3) is 0 Å². The second-order valence-corrected chi connectivity index (χ2v) is 9.69. The van der Waals surface area contributed by atoms with Crippen LogP contribution in [0.2, 0.25) is 0 Å². The molecule has 0 amide bonds. The SMILES string of the molecule is COc1ccc(CCC[C@H]2C(=O)O[C@@H]3O[C@@]4(C)CC[C@H]5[C@H](C)CC[C@@H]2[C@@]35OO4)cc1. The van der Waals surface area contributed by atoms with Crippen LogP contribution in [0.3, 0.4) is 0 Å². The van der Waals surface area contributed by atoms with Crippen LogP contribution in [0.1, 0.15) is 57.9 Å². The molecule has 0 aromatic heterocycles. The Kier molecular flexibility index (Phi) is 5.07. The largest absolute Gasteiger partial charge is 0.497 e. The lowest BCUT2D eigenvalue weighted by molar-refractivity contribution is -0.559. The molecule has 1 spiro atoms. The molecule has 6 rings (SSSR count). The molecule has 0 N–H and O–H groups in total. The highest BCUT2D eigenvalue weighted by Crippen LogP contribution is 2.60. The number of ether oxygens (including phenoxy) is 3. The summed E-state index contributed by atoms with van der Waals surface area (Å²) in [6.45, 7) is 4.16. The molecule has 1 saturated carbocycles. The number of rotatable bonds is 5. The van der Waals surface area contributed by atoms with Gasteiger partial charge in [0, 0.05) is 18.3 Å². The first kappa shape index (κ1) is 20.3. The maximum atomic E-state index is 13.0. The van der Waals surface area contributed by atoms with Gasteiger partial charge in [-0.15, -0.1) is 0 Å². The van der Waals surface area contributed by atoms with Crippen LogP contribution in [-0.2, 0) is 30.5 Å². The highest BCUT2D eigenvalue weighted by atomic mass is 17.3. The molecule has 30 heavy (non-hydrogen) atoms. The molecule has 0 unspecified atom stereocenters. The average Bonchev–Trinajstić information content (AvgIpc) is 2.97. The number of methoxy groups -OCH3 is 1. The molecule has 1 aromatic rings. The van der Waals surface area contributed by atoms with E-state index in [1.54, 1.807) is 7.11 Å². The fraction of sp³-hybridized carbons (Fsp3) is 0.708. The summed E-state index contributed by atoms with van der Waals surface area (Å²) in [6, 6.07) is 8.13. The van der Waals surface area contributed by atoms with E-state index in [-0.39, 0.29) is 23.7 Å². The summed E-state index contributed by atoms with van der Waals surface area (Å²) in [5.41, 5.74) is 0.573. The van der Waals surface area contributed by atoms with E-state index in [0.29, 0.717) is 5.92 Å². The number of carbonyl (C=O) groups excluding carboxylic acids is 1. The van der Waals surface area contributed by atoms with Crippen LogP contribution in [0.15, 0.2) is 24.3 Å². The number of aryl methyl sites for hydroxylation is 1. The quantitative estimate of drug-likeness (QED) is 0.523. The maximum absolute atomic E-state index is 13.0. The van der Waals surface area contributed by atoms with Gasteiger partial charge >= 0.3 is 5.97 Å². The number of esters is 1. The molecule has 0 radical (unpaired) electrons. The lowest BCUT2D eigenvalue weighted by atomic mass is 9.57. The zero-order chi connectivity index (χ0) is 20.9. The number of benzene rings is 1. The first-order chi connectivity index (χ1) is 14.4. The molecule has 4 heterocycles. The number of carbonyl (C=O) groups is 1. The first-order valence-corrected chi connectivity index (χ1v) is 11.3. The van der Waals surface area contributed by atoms with Gasteiger partial charge in [-0.2, -0.15) is 0 Å². The predicted molar refractivity (Wildman–Crippen MR) is 108 cm³/mol. The molecule has 6 nitrogen and oxygen atoms in total. The van der Waals surface area contributed by atoms with Crippen LogP contribution in [0, 0.1) is 23.7 Å². The van der Waals surface area contributed by atoms with Crippen molar-refractivity contribution in [2.24, 2.45) is 23.7 Å². The third kappa shape index (κ3) is 3.15. The molecule has 164 valence electrons. The summed E-state index contributed by atoms with van der Waals surface area (Å²) in [7, 11) is 1.67. The Morgan fingerprint density at radius 3 is 2.67 bits per heavy atom. The minimum Gasteiger partial charge on any atom is -0.497 e. The van der Waals surface area contributed by atoms with Crippen molar-refractivity contribution >= 4 is 5.97 Å². The minimum absolute atomic E-state index is 0.0727. The standard InChI is InChI=1S/C24H32O6/c1-15-7-12-20-18(6-4-5-16-8-10-17(26-3)11-9-16)21(25)27-22-24(20)19(15)13-14-23(2,28-22)29-30-24/h8-11,15,18-20,22H,4-7,12-14H2,1-3H3/t15-,18-,19+,20+,22-,23-,24-/m1/s1. The van der Waals surface area contributed by atoms with Crippen LogP contribution in [0.4, 0.5) is 0 Å². The van der Waals surface area contributed by atoms with Crippen LogP contribution in [0.25, 0.3) is 0 Å². The Morgan fingerprint density at radius 2 is 1.90 bits per heavy atom. The van der Waals surface area contributed by atoms with Gasteiger partial charge in [-0.05, 0) is 69.1 Å². The van der Waals surface area contributed by atoms with Gasteiger partial charge in [0.15, 0.2) is 5.60 Å². The Balaban J connectivity index is 1.35. The minimum atomic E-state index is -0.834. The highest BCUT2D eigenvalue weighted by molar-refractivity contribution is 5.74. The highest BCUT2D eigenvalue weighted by Gasteiger charge is 2.70. The molecular weight excluding hydrogens is 384 g/mol. The zero-order valence-corrected chi connectivity index (χ0v) is 18.1. The van der Waals surface area contributed by atoms with Crippen molar-refractivity contribution in [1.29, 1.82) is 0 Å². The van der Waals surface area contributed by atoms with Crippen LogP contribution >= 0.6 is 0 Å². The van der Waals surface area contributed by atoms with Gasteiger partial charge in [0.1, 0.15) is 5.75 Å². The summed E-state index contributed by atoms with van der Waals surface area (Å²) in [5, 5.41) is 0. The summed E-state index contributed by atoms with van der Waals surface area (Å²) in [4.78, 5) is 25.0. The normalized spacial score (nSPS) is 42.2. The third-order valence-electron chi connectivity index (χ3n) is 7.93. The van der Waals surface area contributed by atoms with E-state index in [9.17, 15) is 4.79 Å². The number of hydrogen-bond acceptors (Lipinski definition) is 6. The molecule has 2 bridgehead atoms. The van der Waals surface area contributed by atoms with E-state index in [1.165, 1.54) is 5.56 Å². The lowest BCUT2D eigenvalue weighted by Gasteiger charge is -2.58. The van der Waals surface area contributed by atoms with Crippen LogP contribution in [0.5, 0.6) is 5.75 Å². The molecule has 5 fully saturated rings. The van der Waals surface area contributed by atoms with Crippen molar-refractivity contribution in [3.05, 3.63) is 29.8 Å². The topological polar surface area (TPSA) is 63.2 Å². The second kappa shape index (κ2) is 7.50.